The van der Waals surface area contributed by atoms with Gasteiger partial charge in [0.1, 0.15) is 0 Å². The lowest BCUT2D eigenvalue weighted by Gasteiger charge is -2.45. The molecule has 0 amide bonds. The molecule has 0 saturated carbocycles. The average Bonchev–Trinajstić information content (AvgIpc) is 3.05. The Balaban J connectivity index is 1.37. The van der Waals surface area contributed by atoms with Crippen molar-refractivity contribution in [1.29, 1.82) is 0 Å². The third-order valence-corrected chi connectivity index (χ3v) is 8.63. The number of hydrogen-bond donors (Lipinski definition) is 0. The summed E-state index contributed by atoms with van der Waals surface area (Å²) in [4.78, 5) is 4.71. The Kier molecular flexibility index (Phi) is 5.48. The molecule has 202 valence electrons. The van der Waals surface area contributed by atoms with Gasteiger partial charge in [0.05, 0.1) is 22.7 Å². The summed E-state index contributed by atoms with van der Waals surface area (Å²) in [6.07, 6.45) is 0. The highest BCUT2D eigenvalue weighted by atomic mass is 16.5. The zero-order valence-corrected chi connectivity index (χ0v) is 23.7. The highest BCUT2D eigenvalue weighted by molar-refractivity contribution is 5.98. The van der Waals surface area contributed by atoms with Crippen molar-refractivity contribution in [2.24, 2.45) is 0 Å². The Bertz CT molecular complexity index is 1930. The van der Waals surface area contributed by atoms with Crippen LogP contribution >= 0.6 is 0 Å². The SMILES string of the molecule is CC1(C)c2ccccc2N2c3ccccc3Oc3c(N(c4ccccc4)c4ccc(-c5ccccc5)cc4)ccc1c32. The number of anilines is 6. The van der Waals surface area contributed by atoms with E-state index in [4.69, 9.17) is 4.74 Å². The Morgan fingerprint density at radius 3 is 1.88 bits per heavy atom. The van der Waals surface area contributed by atoms with Crippen LogP contribution in [0.15, 0.2) is 146 Å². The van der Waals surface area contributed by atoms with Crippen molar-refractivity contribution in [1.82, 2.24) is 0 Å². The molecule has 0 bridgehead atoms. The van der Waals surface area contributed by atoms with E-state index in [0.717, 1.165) is 39.9 Å². The predicted molar refractivity (Wildman–Crippen MR) is 173 cm³/mol. The fraction of sp³-hybridized carbons (Fsp3) is 0.0769. The average molecular weight is 543 g/mol. The van der Waals surface area contributed by atoms with Crippen LogP contribution in [0.1, 0.15) is 25.0 Å². The fourth-order valence-electron chi connectivity index (χ4n) is 6.55. The number of nitrogens with zero attached hydrogens (tertiary/aromatic N) is 2. The Labute approximate surface area is 246 Å². The van der Waals surface area contributed by atoms with Crippen LogP contribution in [0.5, 0.6) is 11.5 Å². The molecule has 3 heteroatoms. The Morgan fingerprint density at radius 2 is 1.12 bits per heavy atom. The van der Waals surface area contributed by atoms with E-state index in [1.807, 2.05) is 6.07 Å². The van der Waals surface area contributed by atoms with E-state index >= 15 is 0 Å². The summed E-state index contributed by atoms with van der Waals surface area (Å²) < 4.78 is 6.90. The molecule has 6 aromatic rings. The molecule has 0 N–H and O–H groups in total. The summed E-state index contributed by atoms with van der Waals surface area (Å²) in [6.45, 7) is 4.63. The molecular weight excluding hydrogens is 512 g/mol. The molecule has 0 fully saturated rings. The molecule has 2 aliphatic heterocycles. The van der Waals surface area contributed by atoms with E-state index in [0.29, 0.717) is 0 Å². The molecule has 0 aliphatic carbocycles. The van der Waals surface area contributed by atoms with Gasteiger partial charge in [0.2, 0.25) is 0 Å². The monoisotopic (exact) mass is 542 g/mol. The zero-order valence-electron chi connectivity index (χ0n) is 23.7. The molecule has 0 unspecified atom stereocenters. The van der Waals surface area contributed by atoms with Crippen LogP contribution in [0.25, 0.3) is 11.1 Å². The quantitative estimate of drug-likeness (QED) is 0.220. The first kappa shape index (κ1) is 24.5. The van der Waals surface area contributed by atoms with Crippen LogP contribution in [0, 0.1) is 0 Å². The van der Waals surface area contributed by atoms with Gasteiger partial charge in [-0.05, 0) is 70.8 Å². The summed E-state index contributed by atoms with van der Waals surface area (Å²) >= 11 is 0. The van der Waals surface area contributed by atoms with Gasteiger partial charge in [-0.1, -0.05) is 111 Å². The summed E-state index contributed by atoms with van der Waals surface area (Å²) in [5.41, 5.74) is 11.3. The second-order valence-corrected chi connectivity index (χ2v) is 11.4. The number of para-hydroxylation sites is 4. The van der Waals surface area contributed by atoms with Crippen LogP contribution in [0.2, 0.25) is 0 Å². The van der Waals surface area contributed by atoms with E-state index in [-0.39, 0.29) is 5.41 Å². The molecule has 0 radical (unpaired) electrons. The minimum Gasteiger partial charge on any atom is -0.451 e. The van der Waals surface area contributed by atoms with E-state index in [1.54, 1.807) is 0 Å². The van der Waals surface area contributed by atoms with Crippen molar-refractivity contribution in [2.75, 3.05) is 9.80 Å². The van der Waals surface area contributed by atoms with Crippen LogP contribution in [-0.4, -0.2) is 0 Å². The molecule has 42 heavy (non-hydrogen) atoms. The van der Waals surface area contributed by atoms with Gasteiger partial charge in [0.15, 0.2) is 11.5 Å². The lowest BCUT2D eigenvalue weighted by molar-refractivity contribution is 0.472. The number of fused-ring (bicyclic) bond motifs is 4. The van der Waals surface area contributed by atoms with Gasteiger partial charge in [0.25, 0.3) is 0 Å². The number of hydrogen-bond acceptors (Lipinski definition) is 3. The topological polar surface area (TPSA) is 15.7 Å². The van der Waals surface area contributed by atoms with Crippen molar-refractivity contribution in [3.8, 4) is 22.6 Å². The molecule has 6 aromatic carbocycles. The lowest BCUT2D eigenvalue weighted by atomic mass is 9.73. The first-order valence-corrected chi connectivity index (χ1v) is 14.5. The molecule has 2 aliphatic rings. The van der Waals surface area contributed by atoms with Crippen LogP contribution in [0.4, 0.5) is 34.1 Å². The van der Waals surface area contributed by atoms with Gasteiger partial charge in [-0.2, -0.15) is 0 Å². The predicted octanol–water partition coefficient (Wildman–Crippen LogP) is 11.0. The van der Waals surface area contributed by atoms with Crippen molar-refractivity contribution >= 4 is 34.1 Å². The minimum atomic E-state index is -0.194. The Hall–Kier alpha value is -5.28. The van der Waals surface area contributed by atoms with Crippen molar-refractivity contribution in [2.45, 2.75) is 19.3 Å². The number of rotatable bonds is 4. The summed E-state index contributed by atoms with van der Waals surface area (Å²) in [5, 5.41) is 0. The first-order chi connectivity index (χ1) is 20.6. The molecule has 0 atom stereocenters. The summed E-state index contributed by atoms with van der Waals surface area (Å²) in [6, 6.07) is 51.5. The van der Waals surface area contributed by atoms with Crippen molar-refractivity contribution in [3.63, 3.8) is 0 Å². The normalized spacial score (nSPS) is 13.8. The standard InChI is InChI=1S/C39H30N2O/c1-39(2)31-17-9-10-18-33(31)41-34-19-11-12-20-36(34)42-38-35(26-25-32(39)37(38)41)40(29-15-7-4-8-16-29)30-23-21-28(22-24-30)27-13-5-3-6-14-27/h3-26H,1-2H3. The fourth-order valence-corrected chi connectivity index (χ4v) is 6.55. The van der Waals surface area contributed by atoms with E-state index in [1.165, 1.54) is 27.9 Å². The zero-order chi connectivity index (χ0) is 28.3. The molecule has 8 rings (SSSR count). The lowest BCUT2D eigenvalue weighted by Crippen LogP contribution is -2.32. The molecular formula is C39H30N2O. The maximum atomic E-state index is 6.90. The summed E-state index contributed by atoms with van der Waals surface area (Å²) in [7, 11) is 0. The van der Waals surface area contributed by atoms with Crippen molar-refractivity contribution in [3.05, 3.63) is 157 Å². The Morgan fingerprint density at radius 1 is 0.524 bits per heavy atom. The van der Waals surface area contributed by atoms with E-state index < -0.39 is 0 Å². The molecule has 3 nitrogen and oxygen atoms in total. The molecule has 0 saturated heterocycles. The second-order valence-electron chi connectivity index (χ2n) is 11.4. The maximum Gasteiger partial charge on any atom is 0.175 e. The second kappa shape index (κ2) is 9.39. The van der Waals surface area contributed by atoms with Crippen molar-refractivity contribution < 1.29 is 4.74 Å². The third-order valence-electron chi connectivity index (χ3n) is 8.63. The van der Waals surface area contributed by atoms with Gasteiger partial charge in [-0.15, -0.1) is 0 Å². The largest absolute Gasteiger partial charge is 0.451 e. The van der Waals surface area contributed by atoms with E-state index in [9.17, 15) is 0 Å². The molecule has 2 heterocycles. The van der Waals surface area contributed by atoms with Crippen LogP contribution in [0.3, 0.4) is 0 Å². The highest BCUT2D eigenvalue weighted by Crippen LogP contribution is 2.62. The maximum absolute atomic E-state index is 6.90. The van der Waals surface area contributed by atoms with Gasteiger partial charge < -0.3 is 14.5 Å². The van der Waals surface area contributed by atoms with Gasteiger partial charge >= 0.3 is 0 Å². The van der Waals surface area contributed by atoms with E-state index in [2.05, 4.69) is 163 Å². The molecule has 0 spiro atoms. The van der Waals surface area contributed by atoms with Crippen LogP contribution < -0.4 is 14.5 Å². The highest BCUT2D eigenvalue weighted by Gasteiger charge is 2.42. The van der Waals surface area contributed by atoms with Gasteiger partial charge in [-0.25, -0.2) is 0 Å². The van der Waals surface area contributed by atoms with Crippen LogP contribution in [-0.2, 0) is 5.41 Å². The molecule has 0 aromatic heterocycles. The number of benzene rings is 6. The number of ether oxygens (including phenoxy) is 1. The summed E-state index contributed by atoms with van der Waals surface area (Å²) in [5.74, 6) is 1.72. The first-order valence-electron chi connectivity index (χ1n) is 14.5. The smallest absolute Gasteiger partial charge is 0.175 e. The minimum absolute atomic E-state index is 0.194. The third kappa shape index (κ3) is 3.67. The van der Waals surface area contributed by atoms with Gasteiger partial charge in [0, 0.05) is 16.8 Å². The van der Waals surface area contributed by atoms with Gasteiger partial charge in [-0.3, -0.25) is 0 Å².